The molecule has 0 fully saturated rings. The Bertz CT molecular complexity index is 1480. The van der Waals surface area contributed by atoms with Gasteiger partial charge in [0.2, 0.25) is 0 Å². The number of nitrogens with one attached hydrogen (secondary N) is 2. The molecule has 174 valence electrons. The Morgan fingerprint density at radius 2 is 1.74 bits per heavy atom. The van der Waals surface area contributed by atoms with Crippen LogP contribution in [-0.4, -0.2) is 36.3 Å². The molecule has 0 saturated carbocycles. The molecule has 1 amide bonds. The van der Waals surface area contributed by atoms with E-state index in [0.29, 0.717) is 45.9 Å². The van der Waals surface area contributed by atoms with Crippen molar-refractivity contribution in [3.63, 3.8) is 0 Å². The molecule has 1 heterocycles. The lowest BCUT2D eigenvalue weighted by molar-refractivity contribution is 0.102. The third-order valence-corrected chi connectivity index (χ3v) is 5.49. The highest BCUT2D eigenvalue weighted by molar-refractivity contribution is 7.71. The third kappa shape index (κ3) is 4.51. The van der Waals surface area contributed by atoms with Gasteiger partial charge in [0.25, 0.3) is 11.5 Å². The molecule has 4 rings (SSSR count). The first-order valence-electron chi connectivity index (χ1n) is 10.5. The van der Waals surface area contributed by atoms with Crippen LogP contribution in [0, 0.1) is 4.77 Å². The van der Waals surface area contributed by atoms with Crippen molar-refractivity contribution >= 4 is 34.7 Å². The fraction of sp³-hybridized carbons (Fsp3) is 0.160. The van der Waals surface area contributed by atoms with Gasteiger partial charge in [-0.3, -0.25) is 9.59 Å². The van der Waals surface area contributed by atoms with Gasteiger partial charge in [0.15, 0.2) is 4.77 Å². The smallest absolute Gasteiger partial charge is 0.266 e. The summed E-state index contributed by atoms with van der Waals surface area (Å²) in [5.74, 6) is 1.43. The molecule has 0 atom stereocenters. The van der Waals surface area contributed by atoms with Crippen molar-refractivity contribution in [2.45, 2.75) is 6.92 Å². The number of carbonyl (C=O) groups is 1. The second kappa shape index (κ2) is 9.80. The Balaban J connectivity index is 1.70. The van der Waals surface area contributed by atoms with E-state index in [4.69, 9.17) is 26.4 Å². The zero-order valence-corrected chi connectivity index (χ0v) is 19.7. The predicted octanol–water partition coefficient (Wildman–Crippen LogP) is 4.72. The van der Waals surface area contributed by atoms with Gasteiger partial charge in [-0.1, -0.05) is 0 Å². The number of H-pyrrole nitrogens is 1. The molecular weight excluding hydrogens is 454 g/mol. The summed E-state index contributed by atoms with van der Waals surface area (Å²) in [6.45, 7) is 2.47. The number of hydrogen-bond acceptors (Lipinski definition) is 6. The van der Waals surface area contributed by atoms with E-state index in [1.165, 1.54) is 18.8 Å². The van der Waals surface area contributed by atoms with Gasteiger partial charge in [-0.05, 0) is 73.7 Å². The molecule has 2 N–H and O–H groups in total. The third-order valence-electron chi connectivity index (χ3n) is 5.21. The number of carbonyl (C=O) groups excluding carboxylic acids is 1. The zero-order chi connectivity index (χ0) is 24.2. The van der Waals surface area contributed by atoms with Gasteiger partial charge in [0.05, 0.1) is 37.4 Å². The number of ether oxygens (including phenoxy) is 3. The first-order chi connectivity index (χ1) is 16.4. The number of benzene rings is 3. The van der Waals surface area contributed by atoms with Crippen LogP contribution in [0.25, 0.3) is 16.6 Å². The molecular formula is C25H23N3O5S. The predicted molar refractivity (Wildman–Crippen MR) is 133 cm³/mol. The average molecular weight is 478 g/mol. The van der Waals surface area contributed by atoms with Crippen molar-refractivity contribution in [1.29, 1.82) is 0 Å². The second-order valence-electron chi connectivity index (χ2n) is 7.28. The van der Waals surface area contributed by atoms with E-state index in [1.807, 2.05) is 6.92 Å². The Labute approximate surface area is 200 Å². The molecule has 0 unspecified atom stereocenters. The van der Waals surface area contributed by atoms with Crippen molar-refractivity contribution in [1.82, 2.24) is 9.55 Å². The second-order valence-corrected chi connectivity index (χ2v) is 7.67. The first-order valence-corrected chi connectivity index (χ1v) is 10.9. The highest BCUT2D eigenvalue weighted by atomic mass is 32.1. The molecule has 0 aliphatic heterocycles. The maximum absolute atomic E-state index is 13.3. The highest BCUT2D eigenvalue weighted by Crippen LogP contribution is 2.27. The molecule has 8 nitrogen and oxygen atoms in total. The number of rotatable bonds is 7. The Morgan fingerprint density at radius 3 is 2.41 bits per heavy atom. The van der Waals surface area contributed by atoms with Crippen molar-refractivity contribution in [3.05, 3.63) is 81.4 Å². The summed E-state index contributed by atoms with van der Waals surface area (Å²) < 4.78 is 17.6. The number of hydrogen-bond donors (Lipinski definition) is 2. The normalized spacial score (nSPS) is 10.7. The lowest BCUT2D eigenvalue weighted by Gasteiger charge is -2.14. The number of amides is 1. The molecule has 0 spiro atoms. The minimum Gasteiger partial charge on any atom is -0.497 e. The molecule has 3 aromatic carbocycles. The summed E-state index contributed by atoms with van der Waals surface area (Å²) >= 11 is 5.48. The van der Waals surface area contributed by atoms with E-state index < -0.39 is 0 Å². The largest absolute Gasteiger partial charge is 0.497 e. The SMILES string of the molecule is CCOc1ccc(NC(=O)c2ccc3c(=O)n(-c4cc(OC)ccc4OC)c(=S)[nH]c3c2)cc1. The van der Waals surface area contributed by atoms with Crippen LogP contribution in [0.5, 0.6) is 17.2 Å². The van der Waals surface area contributed by atoms with Crippen molar-refractivity contribution < 1.29 is 19.0 Å². The molecule has 0 bridgehead atoms. The van der Waals surface area contributed by atoms with Gasteiger partial charge >= 0.3 is 0 Å². The fourth-order valence-corrected chi connectivity index (χ4v) is 3.85. The summed E-state index contributed by atoms with van der Waals surface area (Å²) in [4.78, 5) is 29.2. The number of nitrogens with zero attached hydrogens (tertiary/aromatic N) is 1. The van der Waals surface area contributed by atoms with Crippen molar-refractivity contribution in [2.75, 3.05) is 26.1 Å². The topological polar surface area (TPSA) is 94.6 Å². The van der Waals surface area contributed by atoms with Gasteiger partial charge in [-0.2, -0.15) is 0 Å². The van der Waals surface area contributed by atoms with Crippen LogP contribution in [0.15, 0.2) is 65.5 Å². The maximum atomic E-state index is 13.3. The molecule has 0 radical (unpaired) electrons. The van der Waals surface area contributed by atoms with E-state index in [0.717, 1.165) is 5.75 Å². The fourth-order valence-electron chi connectivity index (χ4n) is 3.55. The summed E-state index contributed by atoms with van der Waals surface area (Å²) in [5.41, 5.74) is 1.56. The van der Waals surface area contributed by atoms with E-state index in [-0.39, 0.29) is 16.2 Å². The Kier molecular flexibility index (Phi) is 6.65. The van der Waals surface area contributed by atoms with Gasteiger partial charge in [-0.15, -0.1) is 0 Å². The zero-order valence-electron chi connectivity index (χ0n) is 18.9. The van der Waals surface area contributed by atoms with Crippen molar-refractivity contribution in [2.24, 2.45) is 0 Å². The lowest BCUT2D eigenvalue weighted by Crippen LogP contribution is -2.21. The van der Waals surface area contributed by atoms with E-state index >= 15 is 0 Å². The first kappa shape index (κ1) is 23.1. The van der Waals surface area contributed by atoms with Crippen LogP contribution >= 0.6 is 12.2 Å². The van der Waals surface area contributed by atoms with E-state index in [9.17, 15) is 9.59 Å². The van der Waals surface area contributed by atoms with Crippen LogP contribution in [0.1, 0.15) is 17.3 Å². The molecule has 34 heavy (non-hydrogen) atoms. The standard InChI is InChI=1S/C25H23N3O5S/c1-4-33-17-8-6-16(7-9-17)26-23(29)15-5-11-19-20(13-15)27-25(34)28(24(19)30)21-14-18(31-2)10-12-22(21)32-3/h5-14H,4H2,1-3H3,(H,26,29)(H,27,34). The quantitative estimate of drug-likeness (QED) is 0.374. The molecule has 1 aromatic heterocycles. The summed E-state index contributed by atoms with van der Waals surface area (Å²) in [6, 6.07) is 17.0. The number of anilines is 1. The average Bonchev–Trinajstić information content (AvgIpc) is 2.85. The Morgan fingerprint density at radius 1 is 1.00 bits per heavy atom. The molecule has 9 heteroatoms. The minimum atomic E-state index is -0.344. The summed E-state index contributed by atoms with van der Waals surface area (Å²) in [7, 11) is 3.05. The van der Waals surface area contributed by atoms with E-state index in [2.05, 4.69) is 10.3 Å². The molecule has 0 aliphatic rings. The van der Waals surface area contributed by atoms with Crippen LogP contribution in [0.4, 0.5) is 5.69 Å². The number of aromatic amines is 1. The minimum absolute atomic E-state index is 0.160. The van der Waals surface area contributed by atoms with Crippen LogP contribution < -0.4 is 25.1 Å². The summed E-state index contributed by atoms with van der Waals surface area (Å²) in [5, 5.41) is 3.21. The van der Waals surface area contributed by atoms with Crippen LogP contribution in [0.2, 0.25) is 0 Å². The molecule has 0 aliphatic carbocycles. The Hall–Kier alpha value is -4.11. The van der Waals surface area contributed by atoms with Gasteiger partial charge in [-0.25, -0.2) is 4.57 Å². The van der Waals surface area contributed by atoms with Gasteiger partial charge < -0.3 is 24.5 Å². The van der Waals surface area contributed by atoms with Gasteiger partial charge in [0, 0.05) is 17.3 Å². The van der Waals surface area contributed by atoms with Gasteiger partial charge in [0.1, 0.15) is 17.2 Å². The van der Waals surface area contributed by atoms with Crippen LogP contribution in [0.3, 0.4) is 0 Å². The highest BCUT2D eigenvalue weighted by Gasteiger charge is 2.15. The molecule has 4 aromatic rings. The monoisotopic (exact) mass is 477 g/mol. The van der Waals surface area contributed by atoms with Crippen LogP contribution in [-0.2, 0) is 0 Å². The number of fused-ring (bicyclic) bond motifs is 1. The maximum Gasteiger partial charge on any atom is 0.266 e. The van der Waals surface area contributed by atoms with E-state index in [1.54, 1.807) is 60.7 Å². The van der Waals surface area contributed by atoms with Crippen molar-refractivity contribution in [3.8, 4) is 22.9 Å². The lowest BCUT2D eigenvalue weighted by atomic mass is 10.1. The number of aromatic nitrogens is 2. The summed E-state index contributed by atoms with van der Waals surface area (Å²) in [6.07, 6.45) is 0. The molecule has 0 saturated heterocycles. The number of methoxy groups -OCH3 is 2.